The number of hydrogen-bond donors (Lipinski definition) is 3. The molecule has 0 aliphatic carbocycles. The number of amides is 1. The monoisotopic (exact) mass is 175 g/mol. The van der Waals surface area contributed by atoms with Crippen molar-refractivity contribution in [1.82, 2.24) is 4.90 Å². The Morgan fingerprint density at radius 2 is 2.17 bits per heavy atom. The van der Waals surface area contributed by atoms with E-state index in [4.69, 9.17) is 10.2 Å². The molecule has 0 saturated carbocycles. The molecule has 0 radical (unpaired) electrons. The lowest BCUT2D eigenvalue weighted by atomic mass is 10.1. The summed E-state index contributed by atoms with van der Waals surface area (Å²) in [4.78, 5) is 12.2. The number of hydrogen-bond acceptors (Lipinski definition) is 4. The standard InChI is InChI=1S/C7H13NO4/c1-4(10)8-2-6(11)7(12)5(8)3-9/h5-7,9,11-12H,2-3H2,1H3. The fourth-order valence-electron chi connectivity index (χ4n) is 1.45. The Labute approximate surface area is 70.2 Å². The van der Waals surface area contributed by atoms with Crippen LogP contribution in [0, 0.1) is 0 Å². The molecule has 3 atom stereocenters. The van der Waals surface area contributed by atoms with Gasteiger partial charge in [-0.05, 0) is 0 Å². The number of rotatable bonds is 1. The van der Waals surface area contributed by atoms with Crippen LogP contribution in [0.4, 0.5) is 0 Å². The molecule has 1 amide bonds. The van der Waals surface area contributed by atoms with Crippen molar-refractivity contribution in [3.8, 4) is 0 Å². The van der Waals surface area contributed by atoms with Crippen LogP contribution in [0.1, 0.15) is 6.92 Å². The second-order valence-electron chi connectivity index (χ2n) is 2.98. The number of likely N-dealkylation sites (tertiary alicyclic amines) is 1. The SMILES string of the molecule is CC(=O)N1CC(O)C(O)C1CO. The average molecular weight is 175 g/mol. The molecule has 1 rings (SSSR count). The van der Waals surface area contributed by atoms with E-state index >= 15 is 0 Å². The van der Waals surface area contributed by atoms with E-state index < -0.39 is 18.2 Å². The van der Waals surface area contributed by atoms with Gasteiger partial charge in [-0.25, -0.2) is 0 Å². The summed E-state index contributed by atoms with van der Waals surface area (Å²) >= 11 is 0. The Bertz CT molecular complexity index is 184. The van der Waals surface area contributed by atoms with Gasteiger partial charge in [-0.3, -0.25) is 4.79 Å². The van der Waals surface area contributed by atoms with E-state index in [9.17, 15) is 9.90 Å². The van der Waals surface area contributed by atoms with Crippen molar-refractivity contribution in [2.24, 2.45) is 0 Å². The number of carbonyl (C=O) groups is 1. The molecule has 12 heavy (non-hydrogen) atoms. The lowest BCUT2D eigenvalue weighted by molar-refractivity contribution is -0.131. The van der Waals surface area contributed by atoms with Crippen LogP contribution in [0.2, 0.25) is 0 Å². The van der Waals surface area contributed by atoms with Crippen LogP contribution in [0.5, 0.6) is 0 Å². The predicted molar refractivity (Wildman–Crippen MR) is 40.3 cm³/mol. The minimum absolute atomic E-state index is 0.0989. The smallest absolute Gasteiger partial charge is 0.219 e. The normalized spacial score (nSPS) is 35.7. The highest BCUT2D eigenvalue weighted by molar-refractivity contribution is 5.74. The highest BCUT2D eigenvalue weighted by Gasteiger charge is 2.40. The second-order valence-corrected chi connectivity index (χ2v) is 2.98. The van der Waals surface area contributed by atoms with E-state index in [1.807, 2.05) is 0 Å². The van der Waals surface area contributed by atoms with Crippen LogP contribution >= 0.6 is 0 Å². The molecule has 1 aliphatic rings. The molecule has 70 valence electrons. The van der Waals surface area contributed by atoms with Crippen molar-refractivity contribution in [3.63, 3.8) is 0 Å². The minimum Gasteiger partial charge on any atom is -0.394 e. The molecule has 0 spiro atoms. The first-order chi connectivity index (χ1) is 5.57. The quantitative estimate of drug-likeness (QED) is 0.427. The van der Waals surface area contributed by atoms with Crippen LogP contribution in [0.15, 0.2) is 0 Å². The molecule has 1 aliphatic heterocycles. The minimum atomic E-state index is -1.03. The van der Waals surface area contributed by atoms with Crippen LogP contribution in [-0.4, -0.2) is 57.5 Å². The molecular formula is C7H13NO4. The summed E-state index contributed by atoms with van der Waals surface area (Å²) in [6.45, 7) is 1.12. The summed E-state index contributed by atoms with van der Waals surface area (Å²) in [6, 6.07) is -0.655. The first-order valence-corrected chi connectivity index (χ1v) is 3.82. The number of carbonyl (C=O) groups excluding carboxylic acids is 1. The second kappa shape index (κ2) is 3.38. The summed E-state index contributed by atoms with van der Waals surface area (Å²) in [5.41, 5.74) is 0. The number of nitrogens with zero attached hydrogens (tertiary/aromatic N) is 1. The van der Waals surface area contributed by atoms with Gasteiger partial charge in [0.15, 0.2) is 0 Å². The van der Waals surface area contributed by atoms with Gasteiger partial charge in [0.1, 0.15) is 6.10 Å². The Morgan fingerprint density at radius 3 is 2.50 bits per heavy atom. The molecule has 3 N–H and O–H groups in total. The van der Waals surface area contributed by atoms with Crippen molar-refractivity contribution >= 4 is 5.91 Å². The van der Waals surface area contributed by atoms with Crippen molar-refractivity contribution in [3.05, 3.63) is 0 Å². The fraction of sp³-hybridized carbons (Fsp3) is 0.857. The molecule has 1 saturated heterocycles. The molecule has 0 bridgehead atoms. The summed E-state index contributed by atoms with van der Waals surface area (Å²) < 4.78 is 0. The maximum Gasteiger partial charge on any atom is 0.219 e. The Morgan fingerprint density at radius 1 is 1.58 bits per heavy atom. The summed E-state index contributed by atoms with van der Waals surface area (Å²) in [5.74, 6) is -0.246. The van der Waals surface area contributed by atoms with Gasteiger partial charge >= 0.3 is 0 Å². The summed E-state index contributed by atoms with van der Waals surface area (Å²) in [5, 5.41) is 27.2. The van der Waals surface area contributed by atoms with Crippen LogP contribution < -0.4 is 0 Å². The third-order valence-corrected chi connectivity index (χ3v) is 2.16. The highest BCUT2D eigenvalue weighted by atomic mass is 16.3. The molecule has 0 aromatic heterocycles. The van der Waals surface area contributed by atoms with Crippen LogP contribution in [0.3, 0.4) is 0 Å². The molecule has 5 nitrogen and oxygen atoms in total. The van der Waals surface area contributed by atoms with Crippen molar-refractivity contribution in [1.29, 1.82) is 0 Å². The number of β-amino-alcohol motifs (C(OH)–C–C–N with tert-alkyl or cyclic N) is 1. The number of aliphatic hydroxyl groups is 3. The zero-order valence-corrected chi connectivity index (χ0v) is 6.84. The van der Waals surface area contributed by atoms with E-state index in [2.05, 4.69) is 0 Å². The average Bonchev–Trinajstić information content (AvgIpc) is 2.29. The molecule has 1 fully saturated rings. The van der Waals surface area contributed by atoms with Crippen molar-refractivity contribution in [2.75, 3.05) is 13.2 Å². The van der Waals surface area contributed by atoms with Gasteiger partial charge in [-0.2, -0.15) is 0 Å². The summed E-state index contributed by atoms with van der Waals surface area (Å²) in [6.07, 6.45) is -1.97. The first kappa shape index (κ1) is 9.44. The Kier molecular flexibility index (Phi) is 2.66. The molecular weight excluding hydrogens is 162 g/mol. The lowest BCUT2D eigenvalue weighted by Gasteiger charge is -2.22. The Hall–Kier alpha value is -0.650. The van der Waals surface area contributed by atoms with Gasteiger partial charge in [-0.15, -0.1) is 0 Å². The van der Waals surface area contributed by atoms with Gasteiger partial charge < -0.3 is 20.2 Å². The fourth-order valence-corrected chi connectivity index (χ4v) is 1.45. The maximum absolute atomic E-state index is 10.9. The van der Waals surface area contributed by atoms with E-state index in [0.29, 0.717) is 0 Å². The lowest BCUT2D eigenvalue weighted by Crippen LogP contribution is -2.41. The van der Waals surface area contributed by atoms with Crippen molar-refractivity contribution in [2.45, 2.75) is 25.2 Å². The molecule has 1 heterocycles. The largest absolute Gasteiger partial charge is 0.394 e. The molecule has 5 heteroatoms. The predicted octanol–water partition coefficient (Wildman–Crippen LogP) is -2.07. The van der Waals surface area contributed by atoms with Gasteiger partial charge in [0.25, 0.3) is 0 Å². The van der Waals surface area contributed by atoms with Gasteiger partial charge in [0, 0.05) is 13.5 Å². The van der Waals surface area contributed by atoms with E-state index in [1.165, 1.54) is 11.8 Å². The number of aliphatic hydroxyl groups excluding tert-OH is 3. The van der Waals surface area contributed by atoms with Gasteiger partial charge in [-0.1, -0.05) is 0 Å². The van der Waals surface area contributed by atoms with Crippen LogP contribution in [-0.2, 0) is 4.79 Å². The third kappa shape index (κ3) is 1.43. The third-order valence-electron chi connectivity index (χ3n) is 2.16. The van der Waals surface area contributed by atoms with Gasteiger partial charge in [0.2, 0.25) is 5.91 Å². The van der Waals surface area contributed by atoms with Gasteiger partial charge in [0.05, 0.1) is 18.8 Å². The van der Waals surface area contributed by atoms with E-state index in [-0.39, 0.29) is 19.1 Å². The van der Waals surface area contributed by atoms with E-state index in [1.54, 1.807) is 0 Å². The van der Waals surface area contributed by atoms with Crippen LogP contribution in [0.25, 0.3) is 0 Å². The first-order valence-electron chi connectivity index (χ1n) is 3.82. The van der Waals surface area contributed by atoms with Crippen molar-refractivity contribution < 1.29 is 20.1 Å². The Balaban J connectivity index is 2.71. The maximum atomic E-state index is 10.9. The zero-order chi connectivity index (χ0) is 9.30. The molecule has 3 unspecified atom stereocenters. The van der Waals surface area contributed by atoms with E-state index in [0.717, 1.165) is 0 Å². The molecule has 0 aromatic carbocycles. The summed E-state index contributed by atoms with van der Waals surface area (Å²) in [7, 11) is 0. The highest BCUT2D eigenvalue weighted by Crippen LogP contribution is 2.17. The zero-order valence-electron chi connectivity index (χ0n) is 6.84. The topological polar surface area (TPSA) is 81.0 Å². The molecule has 0 aromatic rings.